The van der Waals surface area contributed by atoms with Crippen molar-refractivity contribution >= 4 is 29.3 Å². The topological polar surface area (TPSA) is 139 Å². The van der Waals surface area contributed by atoms with Gasteiger partial charge in [-0.15, -0.1) is 0 Å². The third kappa shape index (κ3) is 10.8. The summed E-state index contributed by atoms with van der Waals surface area (Å²) >= 11 is 0. The Hall–Kier alpha value is -4.17. The molecule has 7 N–H and O–H groups in total. The fourth-order valence-electron chi connectivity index (χ4n) is 3.38. The average molecular weight is 489 g/mol. The van der Waals surface area contributed by atoms with Crippen LogP contribution >= 0.6 is 0 Å². The highest BCUT2D eigenvalue weighted by Crippen LogP contribution is 2.21. The van der Waals surface area contributed by atoms with Crippen molar-refractivity contribution in [1.82, 2.24) is 10.3 Å². The standard InChI is InChI=1S/C22H30N6O2.C6H6/c1-25-14-19(13-23)18-12-20(22(24)28-15-18)27-8-3-7-26-9-6-16-4-2-5-17(10-16)11-21(29)30;1-2-4-6-5-3-1/h2,4-5,10,12-15,26-27H,3,6-9,11,23H2,1H3,(H2,24,28)(H,29,30);1-6H/b19-13+,25-14?;. The minimum absolute atomic E-state index is 0.0555. The Morgan fingerprint density at radius 1 is 1.03 bits per heavy atom. The molecule has 0 aliphatic heterocycles. The SMILES string of the molecule is CN=C/C(=C\N)c1cnc(N)c(NCCCNCCc2cccc(CC(=O)O)c2)c1.c1ccccc1. The van der Waals surface area contributed by atoms with Gasteiger partial charge in [0, 0.05) is 43.3 Å². The summed E-state index contributed by atoms with van der Waals surface area (Å²) < 4.78 is 0. The molecule has 0 saturated heterocycles. The number of hydrogen-bond acceptors (Lipinski definition) is 7. The van der Waals surface area contributed by atoms with E-state index in [4.69, 9.17) is 16.6 Å². The number of carboxylic acid groups (broad SMARTS) is 1. The molecule has 0 spiro atoms. The van der Waals surface area contributed by atoms with Crippen molar-refractivity contribution in [3.05, 3.63) is 95.8 Å². The fourth-order valence-corrected chi connectivity index (χ4v) is 3.38. The van der Waals surface area contributed by atoms with Gasteiger partial charge in [0.15, 0.2) is 0 Å². The van der Waals surface area contributed by atoms with Gasteiger partial charge in [-0.1, -0.05) is 60.7 Å². The van der Waals surface area contributed by atoms with Crippen LogP contribution in [0.1, 0.15) is 23.1 Å². The number of nitrogens with one attached hydrogen (secondary N) is 2. The second kappa shape index (κ2) is 16.5. The number of anilines is 2. The van der Waals surface area contributed by atoms with Crippen LogP contribution < -0.4 is 22.1 Å². The molecule has 0 aliphatic carbocycles. The summed E-state index contributed by atoms with van der Waals surface area (Å²) in [5.41, 5.74) is 16.0. The van der Waals surface area contributed by atoms with E-state index in [2.05, 4.69) is 20.6 Å². The molecule has 0 aliphatic rings. The number of nitrogen functional groups attached to an aromatic ring is 1. The summed E-state index contributed by atoms with van der Waals surface area (Å²) in [4.78, 5) is 19.0. The number of aliphatic carboxylic acids is 1. The Labute approximate surface area is 213 Å². The van der Waals surface area contributed by atoms with Crippen LogP contribution in [0.15, 0.2) is 84.1 Å². The molecule has 0 unspecified atom stereocenters. The maximum absolute atomic E-state index is 10.8. The largest absolute Gasteiger partial charge is 0.481 e. The van der Waals surface area contributed by atoms with Crippen LogP contribution in [0.4, 0.5) is 11.5 Å². The first kappa shape index (κ1) is 28.1. The van der Waals surface area contributed by atoms with Crippen molar-refractivity contribution in [2.24, 2.45) is 10.7 Å². The molecule has 190 valence electrons. The smallest absolute Gasteiger partial charge is 0.307 e. The highest BCUT2D eigenvalue weighted by molar-refractivity contribution is 6.09. The first-order chi connectivity index (χ1) is 17.5. The van der Waals surface area contributed by atoms with Crippen LogP contribution in [0.3, 0.4) is 0 Å². The molecule has 3 rings (SSSR count). The molecular formula is C28H36N6O2. The maximum Gasteiger partial charge on any atom is 0.307 e. The highest BCUT2D eigenvalue weighted by atomic mass is 16.4. The van der Waals surface area contributed by atoms with E-state index in [0.717, 1.165) is 60.4 Å². The molecular weight excluding hydrogens is 452 g/mol. The van der Waals surface area contributed by atoms with Gasteiger partial charge >= 0.3 is 5.97 Å². The van der Waals surface area contributed by atoms with E-state index < -0.39 is 5.97 Å². The van der Waals surface area contributed by atoms with Crippen molar-refractivity contribution in [2.75, 3.05) is 37.7 Å². The van der Waals surface area contributed by atoms with Crippen molar-refractivity contribution in [3.63, 3.8) is 0 Å². The van der Waals surface area contributed by atoms with E-state index in [0.29, 0.717) is 5.82 Å². The minimum atomic E-state index is -0.812. The first-order valence-electron chi connectivity index (χ1n) is 11.9. The molecule has 2 aromatic carbocycles. The van der Waals surface area contributed by atoms with Crippen LogP contribution in [-0.2, 0) is 17.6 Å². The average Bonchev–Trinajstić information content (AvgIpc) is 2.89. The molecule has 0 fully saturated rings. The summed E-state index contributed by atoms with van der Waals surface area (Å²) in [5, 5.41) is 15.6. The van der Waals surface area contributed by atoms with E-state index in [-0.39, 0.29) is 6.42 Å². The molecule has 0 atom stereocenters. The molecule has 8 nitrogen and oxygen atoms in total. The number of allylic oxidation sites excluding steroid dienone is 1. The lowest BCUT2D eigenvalue weighted by Crippen LogP contribution is -2.21. The summed E-state index contributed by atoms with van der Waals surface area (Å²) in [7, 11) is 1.69. The Balaban J connectivity index is 0.000000662. The van der Waals surface area contributed by atoms with E-state index in [1.807, 2.05) is 66.7 Å². The molecule has 0 amide bonds. The van der Waals surface area contributed by atoms with E-state index in [9.17, 15) is 4.79 Å². The minimum Gasteiger partial charge on any atom is -0.481 e. The molecule has 0 saturated carbocycles. The zero-order chi connectivity index (χ0) is 26.0. The van der Waals surface area contributed by atoms with E-state index in [1.54, 1.807) is 19.5 Å². The first-order valence-corrected chi connectivity index (χ1v) is 11.9. The number of nitrogens with zero attached hydrogens (tertiary/aromatic N) is 2. The predicted octanol–water partition coefficient (Wildman–Crippen LogP) is 3.61. The lowest BCUT2D eigenvalue weighted by atomic mass is 10.1. The van der Waals surface area contributed by atoms with Crippen LogP contribution in [0.25, 0.3) is 5.57 Å². The number of nitrogens with two attached hydrogens (primary N) is 2. The molecule has 3 aromatic rings. The van der Waals surface area contributed by atoms with Gasteiger partial charge in [-0.05, 0) is 43.1 Å². The zero-order valence-electron chi connectivity index (χ0n) is 20.7. The number of aromatic nitrogens is 1. The van der Waals surface area contributed by atoms with Gasteiger partial charge < -0.3 is 27.2 Å². The van der Waals surface area contributed by atoms with Gasteiger partial charge in [-0.25, -0.2) is 4.98 Å². The number of carboxylic acids is 1. The number of benzene rings is 2. The second-order valence-electron chi connectivity index (χ2n) is 7.99. The van der Waals surface area contributed by atoms with Crippen molar-refractivity contribution in [1.29, 1.82) is 0 Å². The third-order valence-electron chi connectivity index (χ3n) is 5.15. The second-order valence-corrected chi connectivity index (χ2v) is 7.99. The lowest BCUT2D eigenvalue weighted by Gasteiger charge is -2.11. The number of pyridine rings is 1. The van der Waals surface area contributed by atoms with Crippen molar-refractivity contribution < 1.29 is 9.90 Å². The fraction of sp³-hybridized carbons (Fsp3) is 0.250. The molecule has 36 heavy (non-hydrogen) atoms. The summed E-state index contributed by atoms with van der Waals surface area (Å²) in [6, 6.07) is 21.6. The van der Waals surface area contributed by atoms with Crippen LogP contribution in [-0.4, -0.2) is 49.0 Å². The van der Waals surface area contributed by atoms with Crippen LogP contribution in [0.2, 0.25) is 0 Å². The Kier molecular flexibility index (Phi) is 12.8. The van der Waals surface area contributed by atoms with Gasteiger partial charge in [-0.3, -0.25) is 9.79 Å². The van der Waals surface area contributed by atoms with Gasteiger partial charge in [0.2, 0.25) is 0 Å². The molecule has 8 heteroatoms. The van der Waals surface area contributed by atoms with Crippen LogP contribution in [0, 0.1) is 0 Å². The Morgan fingerprint density at radius 3 is 2.36 bits per heavy atom. The monoisotopic (exact) mass is 488 g/mol. The van der Waals surface area contributed by atoms with Gasteiger partial charge in [-0.2, -0.15) is 0 Å². The summed E-state index contributed by atoms with van der Waals surface area (Å²) in [6.07, 6.45) is 6.67. The highest BCUT2D eigenvalue weighted by Gasteiger charge is 2.05. The number of rotatable bonds is 12. The molecule has 0 radical (unpaired) electrons. The van der Waals surface area contributed by atoms with Crippen molar-refractivity contribution in [2.45, 2.75) is 19.3 Å². The Morgan fingerprint density at radius 2 is 1.72 bits per heavy atom. The Bertz CT molecular complexity index is 1090. The quantitative estimate of drug-likeness (QED) is 0.194. The predicted molar refractivity (Wildman–Crippen MR) is 149 cm³/mol. The maximum atomic E-state index is 10.8. The summed E-state index contributed by atoms with van der Waals surface area (Å²) in [6.45, 7) is 2.43. The van der Waals surface area contributed by atoms with Gasteiger partial charge in [0.1, 0.15) is 5.82 Å². The number of carbonyl (C=O) groups is 1. The van der Waals surface area contributed by atoms with Crippen molar-refractivity contribution in [3.8, 4) is 0 Å². The third-order valence-corrected chi connectivity index (χ3v) is 5.15. The number of aliphatic imine (C=N–C) groups is 1. The molecule has 1 heterocycles. The molecule has 1 aromatic heterocycles. The number of hydrogen-bond donors (Lipinski definition) is 5. The zero-order valence-corrected chi connectivity index (χ0v) is 20.7. The lowest BCUT2D eigenvalue weighted by molar-refractivity contribution is -0.136. The summed E-state index contributed by atoms with van der Waals surface area (Å²) in [5.74, 6) is -0.370. The van der Waals surface area contributed by atoms with Gasteiger partial charge in [0.05, 0.1) is 12.1 Å². The van der Waals surface area contributed by atoms with E-state index in [1.165, 1.54) is 6.20 Å². The normalized spacial score (nSPS) is 11.1. The van der Waals surface area contributed by atoms with Gasteiger partial charge in [0.25, 0.3) is 0 Å². The van der Waals surface area contributed by atoms with Crippen LogP contribution in [0.5, 0.6) is 0 Å². The van der Waals surface area contributed by atoms with E-state index >= 15 is 0 Å². The molecule has 0 bridgehead atoms.